The molecule has 0 unspecified atom stereocenters. The van der Waals surface area contributed by atoms with Gasteiger partial charge < -0.3 is 10.1 Å². The Morgan fingerprint density at radius 3 is 2.29 bits per heavy atom. The average molecular weight is 199 g/mol. The molecule has 2 nitrogen and oxygen atoms in total. The molecular weight excluding hydrogens is 188 g/mol. The molecule has 1 heterocycles. The van der Waals surface area contributed by atoms with E-state index in [0.29, 0.717) is 13.1 Å². The smallest absolute Gasteiger partial charge is 0.191 e. The van der Waals surface area contributed by atoms with Crippen molar-refractivity contribution in [1.82, 2.24) is 5.32 Å². The van der Waals surface area contributed by atoms with Gasteiger partial charge in [-0.15, -0.1) is 0 Å². The predicted octanol–water partition coefficient (Wildman–Crippen LogP) is 1.71. The third-order valence-corrected chi connectivity index (χ3v) is 2.27. The van der Waals surface area contributed by atoms with Crippen LogP contribution in [0.1, 0.15) is 6.92 Å². The van der Waals surface area contributed by atoms with Crippen molar-refractivity contribution in [3.8, 4) is 5.75 Å². The fourth-order valence-electron chi connectivity index (χ4n) is 1.38. The Morgan fingerprint density at radius 2 is 1.86 bits per heavy atom. The van der Waals surface area contributed by atoms with Gasteiger partial charge in [0, 0.05) is 13.1 Å². The average Bonchev–Trinajstić information content (AvgIpc) is 2.09. The second kappa shape index (κ2) is 3.20. The van der Waals surface area contributed by atoms with E-state index in [1.165, 1.54) is 18.2 Å². The lowest BCUT2D eigenvalue weighted by atomic mass is 10.00. The molecule has 1 saturated heterocycles. The molecule has 1 fully saturated rings. The quantitative estimate of drug-likeness (QED) is 0.782. The molecule has 4 heteroatoms. The number of nitrogens with one attached hydrogen (secondary N) is 1. The molecule has 1 aromatic carbocycles. The maximum Gasteiger partial charge on any atom is 0.191 e. The summed E-state index contributed by atoms with van der Waals surface area (Å²) in [5, 5.41) is 2.99. The Bertz CT molecular complexity index is 330. The predicted molar refractivity (Wildman–Crippen MR) is 48.3 cm³/mol. The van der Waals surface area contributed by atoms with Crippen molar-refractivity contribution in [3.05, 3.63) is 29.8 Å². The molecule has 0 aromatic heterocycles. The van der Waals surface area contributed by atoms with Crippen LogP contribution in [0.3, 0.4) is 0 Å². The van der Waals surface area contributed by atoms with E-state index >= 15 is 0 Å². The van der Waals surface area contributed by atoms with E-state index in [4.69, 9.17) is 4.74 Å². The highest BCUT2D eigenvalue weighted by atomic mass is 19.1. The second-order valence-corrected chi connectivity index (χ2v) is 3.71. The van der Waals surface area contributed by atoms with Crippen LogP contribution in [-0.4, -0.2) is 18.7 Å². The molecule has 76 valence electrons. The number of hydrogen-bond donors (Lipinski definition) is 1. The van der Waals surface area contributed by atoms with Crippen LogP contribution in [0.5, 0.6) is 5.75 Å². The molecule has 1 aliphatic heterocycles. The van der Waals surface area contributed by atoms with Crippen molar-refractivity contribution in [2.75, 3.05) is 13.1 Å². The molecule has 0 atom stereocenters. The summed E-state index contributed by atoms with van der Waals surface area (Å²) in [6, 6.07) is 3.70. The molecule has 0 bridgehead atoms. The van der Waals surface area contributed by atoms with Crippen LogP contribution in [0.25, 0.3) is 0 Å². The minimum atomic E-state index is -0.655. The van der Waals surface area contributed by atoms with Crippen LogP contribution >= 0.6 is 0 Å². The zero-order valence-corrected chi connectivity index (χ0v) is 7.81. The lowest BCUT2D eigenvalue weighted by Gasteiger charge is -2.39. The standard InChI is InChI=1S/C10H11F2NO/c1-10(5-13-6-10)14-9-7(11)3-2-4-8(9)12/h2-4,13H,5-6H2,1H3. The summed E-state index contributed by atoms with van der Waals surface area (Å²) in [5.41, 5.74) is -0.483. The molecule has 1 N–H and O–H groups in total. The Morgan fingerprint density at radius 1 is 1.29 bits per heavy atom. The Kier molecular flexibility index (Phi) is 2.15. The van der Waals surface area contributed by atoms with Crippen molar-refractivity contribution >= 4 is 0 Å². The van der Waals surface area contributed by atoms with Gasteiger partial charge in [0.1, 0.15) is 5.60 Å². The van der Waals surface area contributed by atoms with Gasteiger partial charge in [0.25, 0.3) is 0 Å². The van der Waals surface area contributed by atoms with E-state index in [1.807, 2.05) is 6.92 Å². The normalized spacial score (nSPS) is 18.8. The summed E-state index contributed by atoms with van der Waals surface area (Å²) in [4.78, 5) is 0. The second-order valence-electron chi connectivity index (χ2n) is 3.71. The van der Waals surface area contributed by atoms with E-state index in [2.05, 4.69) is 5.32 Å². The van der Waals surface area contributed by atoms with Gasteiger partial charge in [0.15, 0.2) is 17.4 Å². The van der Waals surface area contributed by atoms with Crippen molar-refractivity contribution in [3.63, 3.8) is 0 Å². The first-order valence-electron chi connectivity index (χ1n) is 4.44. The summed E-state index contributed by atoms with van der Waals surface area (Å²) in [6.07, 6.45) is 0. The molecule has 14 heavy (non-hydrogen) atoms. The van der Waals surface area contributed by atoms with Crippen LogP contribution < -0.4 is 10.1 Å². The first kappa shape index (κ1) is 9.40. The molecule has 0 spiro atoms. The van der Waals surface area contributed by atoms with Gasteiger partial charge in [0.2, 0.25) is 0 Å². The topological polar surface area (TPSA) is 21.3 Å². The summed E-state index contributed by atoms with van der Waals surface area (Å²) < 4.78 is 31.6. The molecule has 0 saturated carbocycles. The Balaban J connectivity index is 2.23. The molecule has 0 aliphatic carbocycles. The third kappa shape index (κ3) is 1.57. The molecule has 1 aromatic rings. The highest BCUT2D eigenvalue weighted by molar-refractivity contribution is 5.27. The fourth-order valence-corrected chi connectivity index (χ4v) is 1.38. The number of para-hydroxylation sites is 1. The van der Waals surface area contributed by atoms with Gasteiger partial charge in [-0.1, -0.05) is 6.07 Å². The van der Waals surface area contributed by atoms with Crippen LogP contribution in [0, 0.1) is 11.6 Å². The van der Waals surface area contributed by atoms with Crippen molar-refractivity contribution in [2.45, 2.75) is 12.5 Å². The van der Waals surface area contributed by atoms with E-state index in [0.717, 1.165) is 0 Å². The fraction of sp³-hybridized carbons (Fsp3) is 0.400. The highest BCUT2D eigenvalue weighted by Gasteiger charge is 2.35. The summed E-state index contributed by atoms with van der Waals surface area (Å²) in [6.45, 7) is 3.04. The number of ether oxygens (including phenoxy) is 1. The number of hydrogen-bond acceptors (Lipinski definition) is 2. The van der Waals surface area contributed by atoms with Gasteiger partial charge in [-0.05, 0) is 19.1 Å². The maximum atomic E-state index is 13.2. The third-order valence-electron chi connectivity index (χ3n) is 2.27. The van der Waals surface area contributed by atoms with E-state index < -0.39 is 17.2 Å². The number of benzene rings is 1. The SMILES string of the molecule is CC1(Oc2c(F)cccc2F)CNC1. The molecule has 2 rings (SSSR count). The van der Waals surface area contributed by atoms with Gasteiger partial charge in [-0.2, -0.15) is 0 Å². The van der Waals surface area contributed by atoms with Gasteiger partial charge in [0.05, 0.1) is 0 Å². The largest absolute Gasteiger partial charge is 0.479 e. The number of rotatable bonds is 2. The molecule has 1 aliphatic rings. The van der Waals surface area contributed by atoms with Gasteiger partial charge >= 0.3 is 0 Å². The van der Waals surface area contributed by atoms with E-state index in [-0.39, 0.29) is 5.75 Å². The van der Waals surface area contributed by atoms with Crippen molar-refractivity contribution < 1.29 is 13.5 Å². The molecule has 0 amide bonds. The summed E-state index contributed by atoms with van der Waals surface area (Å²) in [5.74, 6) is -1.59. The van der Waals surface area contributed by atoms with Crippen LogP contribution in [-0.2, 0) is 0 Å². The van der Waals surface area contributed by atoms with Crippen molar-refractivity contribution in [2.24, 2.45) is 0 Å². The van der Waals surface area contributed by atoms with E-state index in [9.17, 15) is 8.78 Å². The monoisotopic (exact) mass is 199 g/mol. The summed E-state index contributed by atoms with van der Waals surface area (Å²) >= 11 is 0. The first-order chi connectivity index (χ1) is 6.61. The molecular formula is C10H11F2NO. The van der Waals surface area contributed by atoms with Crippen LogP contribution in [0.4, 0.5) is 8.78 Å². The van der Waals surface area contributed by atoms with E-state index in [1.54, 1.807) is 0 Å². The van der Waals surface area contributed by atoms with Crippen LogP contribution in [0.15, 0.2) is 18.2 Å². The zero-order chi connectivity index (χ0) is 10.2. The highest BCUT2D eigenvalue weighted by Crippen LogP contribution is 2.27. The Hall–Kier alpha value is -1.16. The lowest BCUT2D eigenvalue weighted by Crippen LogP contribution is -2.61. The minimum Gasteiger partial charge on any atom is -0.479 e. The first-order valence-corrected chi connectivity index (χ1v) is 4.44. The van der Waals surface area contributed by atoms with Gasteiger partial charge in [-0.25, -0.2) is 8.78 Å². The van der Waals surface area contributed by atoms with Crippen molar-refractivity contribution in [1.29, 1.82) is 0 Å². The summed E-state index contributed by atoms with van der Waals surface area (Å²) in [7, 11) is 0. The minimum absolute atomic E-state index is 0.281. The maximum absolute atomic E-state index is 13.2. The zero-order valence-electron chi connectivity index (χ0n) is 7.81. The van der Waals surface area contributed by atoms with Crippen LogP contribution in [0.2, 0.25) is 0 Å². The number of halogens is 2. The Labute approximate surface area is 80.9 Å². The van der Waals surface area contributed by atoms with Gasteiger partial charge in [-0.3, -0.25) is 0 Å². The lowest BCUT2D eigenvalue weighted by molar-refractivity contribution is 0.0272. The molecule has 0 radical (unpaired) electrons.